The van der Waals surface area contributed by atoms with E-state index in [2.05, 4.69) is 70.3 Å². The van der Waals surface area contributed by atoms with E-state index >= 15 is 0 Å². The van der Waals surface area contributed by atoms with Crippen molar-refractivity contribution < 1.29 is 9.90 Å². The summed E-state index contributed by atoms with van der Waals surface area (Å²) in [6, 6.07) is 16.5. The summed E-state index contributed by atoms with van der Waals surface area (Å²) >= 11 is 0. The molecule has 5 aromatic rings. The van der Waals surface area contributed by atoms with Crippen LogP contribution in [0.4, 0.5) is 0 Å². The molecule has 3 aromatic heterocycles. The molecule has 39 heavy (non-hydrogen) atoms. The predicted molar refractivity (Wildman–Crippen MR) is 146 cm³/mol. The van der Waals surface area contributed by atoms with Crippen molar-refractivity contribution in [3.8, 4) is 22.5 Å². The van der Waals surface area contributed by atoms with Crippen LogP contribution in [0.25, 0.3) is 22.5 Å². The van der Waals surface area contributed by atoms with E-state index < -0.39 is 5.97 Å². The third-order valence-electron chi connectivity index (χ3n) is 8.20. The first-order chi connectivity index (χ1) is 18.8. The molecule has 0 amide bonds. The van der Waals surface area contributed by atoms with Crippen LogP contribution >= 0.6 is 0 Å². The monoisotopic (exact) mass is 519 g/mol. The molecule has 1 N–H and O–H groups in total. The molecule has 0 unspecified atom stereocenters. The molecule has 0 spiro atoms. The van der Waals surface area contributed by atoms with Crippen molar-refractivity contribution in [1.29, 1.82) is 0 Å². The Labute approximate surface area is 225 Å². The highest BCUT2D eigenvalue weighted by atomic mass is 16.4. The number of carboxylic acids is 1. The summed E-state index contributed by atoms with van der Waals surface area (Å²) in [6.45, 7) is 4.57. The first-order valence-electron chi connectivity index (χ1n) is 13.3. The quantitative estimate of drug-likeness (QED) is 0.337. The Morgan fingerprint density at radius 1 is 0.974 bits per heavy atom. The summed E-state index contributed by atoms with van der Waals surface area (Å²) in [4.78, 5) is 12.1. The lowest BCUT2D eigenvalue weighted by atomic mass is 9.90. The average molecular weight is 520 g/mol. The molecule has 0 radical (unpaired) electrons. The third-order valence-corrected chi connectivity index (χ3v) is 8.20. The molecule has 3 heterocycles. The van der Waals surface area contributed by atoms with Crippen molar-refractivity contribution in [2.45, 2.75) is 50.4 Å². The number of nitrogens with zero attached hydrogens (tertiary/aromatic N) is 7. The van der Waals surface area contributed by atoms with Crippen molar-refractivity contribution in [1.82, 2.24) is 34.6 Å². The highest BCUT2D eigenvalue weighted by molar-refractivity contribution is 5.89. The van der Waals surface area contributed by atoms with E-state index in [9.17, 15) is 9.90 Å². The molecule has 196 valence electrons. The number of hydrogen-bond acceptors (Lipinski definition) is 5. The summed E-state index contributed by atoms with van der Waals surface area (Å²) in [6.07, 6.45) is 8.37. The lowest BCUT2D eigenvalue weighted by Crippen LogP contribution is -2.18. The Balaban J connectivity index is 1.26. The molecule has 2 atom stereocenters. The first-order valence-corrected chi connectivity index (χ1v) is 13.3. The van der Waals surface area contributed by atoms with Gasteiger partial charge in [-0.1, -0.05) is 43.3 Å². The van der Waals surface area contributed by atoms with Crippen LogP contribution in [0.1, 0.15) is 71.5 Å². The predicted octanol–water partition coefficient (Wildman–Crippen LogP) is 5.05. The SMILES string of the molecule is Cn1cc([C@@H]2C[C@H]2c2c(C(=O)O)cnn2-c2cccc(-c3cccc(-n4ncc5c4C(C)(C)CC5)c3)c2)nn1. The number of rotatable bonds is 6. The second-order valence-electron chi connectivity index (χ2n) is 11.3. The van der Waals surface area contributed by atoms with Crippen LogP contribution in [0.15, 0.2) is 67.1 Å². The molecule has 0 aliphatic heterocycles. The van der Waals surface area contributed by atoms with Crippen LogP contribution in [0, 0.1) is 0 Å². The second-order valence-corrected chi connectivity index (χ2v) is 11.3. The summed E-state index contributed by atoms with van der Waals surface area (Å²) in [5.74, 6) is -0.820. The van der Waals surface area contributed by atoms with Crippen LogP contribution in [0.5, 0.6) is 0 Å². The molecule has 0 saturated heterocycles. The number of carbonyl (C=O) groups is 1. The second kappa shape index (κ2) is 8.49. The van der Waals surface area contributed by atoms with Crippen molar-refractivity contribution >= 4 is 5.97 Å². The van der Waals surface area contributed by atoms with Crippen molar-refractivity contribution in [3.63, 3.8) is 0 Å². The maximum Gasteiger partial charge on any atom is 0.339 e. The highest BCUT2D eigenvalue weighted by Crippen LogP contribution is 2.55. The van der Waals surface area contributed by atoms with Crippen LogP contribution in [0.3, 0.4) is 0 Å². The molecule has 9 heteroatoms. The van der Waals surface area contributed by atoms with E-state index in [1.165, 1.54) is 17.5 Å². The molecule has 1 saturated carbocycles. The van der Waals surface area contributed by atoms with Crippen molar-refractivity contribution in [3.05, 3.63) is 95.3 Å². The summed E-state index contributed by atoms with van der Waals surface area (Å²) < 4.78 is 5.54. The minimum Gasteiger partial charge on any atom is -0.478 e. The van der Waals surface area contributed by atoms with Crippen LogP contribution in [-0.4, -0.2) is 45.6 Å². The van der Waals surface area contributed by atoms with Gasteiger partial charge in [-0.25, -0.2) is 14.2 Å². The zero-order chi connectivity index (χ0) is 26.9. The standard InChI is InChI=1S/C30H29N7O2/c1-30(2)11-10-20-15-31-37(28(20)30)22-9-5-7-19(13-22)18-6-4-8-21(12-18)36-27(25(16-32-36)29(38)39)24-14-23(24)26-17-35(3)34-33-26/h4-9,12-13,15-17,23-24H,10-11,14H2,1-3H3,(H,38,39)/t23-,24-/m1/s1. The van der Waals surface area contributed by atoms with Gasteiger partial charge in [0.05, 0.1) is 40.9 Å². The number of fused-ring (bicyclic) bond motifs is 1. The van der Waals surface area contributed by atoms with Gasteiger partial charge in [-0.05, 0) is 60.2 Å². The van der Waals surface area contributed by atoms with Crippen molar-refractivity contribution in [2.24, 2.45) is 7.05 Å². The molecule has 0 bridgehead atoms. The molecule has 2 aliphatic rings. The van der Waals surface area contributed by atoms with Gasteiger partial charge in [-0.2, -0.15) is 10.2 Å². The van der Waals surface area contributed by atoms with E-state index in [-0.39, 0.29) is 22.8 Å². The topological polar surface area (TPSA) is 104 Å². The largest absolute Gasteiger partial charge is 0.478 e. The zero-order valence-electron chi connectivity index (χ0n) is 22.1. The molecule has 2 aromatic carbocycles. The lowest BCUT2D eigenvalue weighted by molar-refractivity contribution is 0.0695. The van der Waals surface area contributed by atoms with Crippen molar-refractivity contribution in [2.75, 3.05) is 0 Å². The van der Waals surface area contributed by atoms with E-state index in [0.29, 0.717) is 5.69 Å². The average Bonchev–Trinajstić information content (AvgIpc) is 3.30. The van der Waals surface area contributed by atoms with Gasteiger partial charge in [-0.3, -0.25) is 4.68 Å². The Bertz CT molecular complexity index is 1740. The summed E-state index contributed by atoms with van der Waals surface area (Å²) in [5, 5.41) is 27.5. The van der Waals surface area contributed by atoms with Gasteiger partial charge in [0.2, 0.25) is 0 Å². The number of carboxylic acid groups (broad SMARTS) is 1. The molecular weight excluding hydrogens is 490 g/mol. The summed E-state index contributed by atoms with van der Waals surface area (Å²) in [7, 11) is 1.84. The van der Waals surface area contributed by atoms with Gasteiger partial charge in [0.25, 0.3) is 0 Å². The van der Waals surface area contributed by atoms with Gasteiger partial charge >= 0.3 is 5.97 Å². The van der Waals surface area contributed by atoms with Gasteiger partial charge in [0.15, 0.2) is 0 Å². The number of aryl methyl sites for hydroxylation is 2. The highest BCUT2D eigenvalue weighted by Gasteiger charge is 2.46. The van der Waals surface area contributed by atoms with Gasteiger partial charge in [0.1, 0.15) is 5.56 Å². The molecule has 1 fully saturated rings. The van der Waals surface area contributed by atoms with E-state index in [4.69, 9.17) is 5.10 Å². The van der Waals surface area contributed by atoms with E-state index in [1.54, 1.807) is 9.36 Å². The summed E-state index contributed by atoms with van der Waals surface area (Å²) in [5.41, 5.74) is 8.47. The fourth-order valence-corrected chi connectivity index (χ4v) is 6.13. The maximum atomic E-state index is 12.1. The molecular formula is C30H29N7O2. The van der Waals surface area contributed by atoms with Crippen LogP contribution in [0.2, 0.25) is 0 Å². The minimum atomic E-state index is -0.973. The van der Waals surface area contributed by atoms with Gasteiger partial charge in [-0.15, -0.1) is 5.10 Å². The minimum absolute atomic E-state index is 0.0209. The fourth-order valence-electron chi connectivity index (χ4n) is 6.13. The van der Waals surface area contributed by atoms with E-state index in [0.717, 1.165) is 47.5 Å². The fraction of sp³-hybridized carbons (Fsp3) is 0.300. The third kappa shape index (κ3) is 3.88. The van der Waals surface area contributed by atoms with Gasteiger partial charge in [0, 0.05) is 30.5 Å². The number of hydrogen-bond donors (Lipinski definition) is 1. The Kier molecular flexibility index (Phi) is 5.13. The molecule has 2 aliphatic carbocycles. The number of benzene rings is 2. The lowest BCUT2D eigenvalue weighted by Gasteiger charge is -2.21. The normalized spacial score (nSPS) is 19.3. The molecule has 9 nitrogen and oxygen atoms in total. The Morgan fingerprint density at radius 3 is 2.33 bits per heavy atom. The Hall–Kier alpha value is -4.53. The van der Waals surface area contributed by atoms with Crippen LogP contribution < -0.4 is 0 Å². The molecule has 7 rings (SSSR count). The maximum absolute atomic E-state index is 12.1. The number of aromatic carboxylic acids is 1. The zero-order valence-corrected chi connectivity index (χ0v) is 22.1. The van der Waals surface area contributed by atoms with Crippen LogP contribution in [-0.2, 0) is 18.9 Å². The number of aromatic nitrogens is 7. The Morgan fingerprint density at radius 2 is 1.67 bits per heavy atom. The first kappa shape index (κ1) is 23.6. The van der Waals surface area contributed by atoms with E-state index in [1.807, 2.05) is 31.6 Å². The van der Waals surface area contributed by atoms with Gasteiger partial charge < -0.3 is 5.11 Å². The smallest absolute Gasteiger partial charge is 0.339 e.